The lowest BCUT2D eigenvalue weighted by Gasteiger charge is -2.11. The molecule has 3 rings (SSSR count). The molecule has 0 spiro atoms. The normalized spacial score (nSPS) is 16.8. The zero-order chi connectivity index (χ0) is 16.8. The summed E-state index contributed by atoms with van der Waals surface area (Å²) in [6.07, 6.45) is 5.04. The van der Waals surface area contributed by atoms with Gasteiger partial charge in [0.15, 0.2) is 0 Å². The van der Waals surface area contributed by atoms with Crippen LogP contribution in [0, 0.1) is 0 Å². The highest BCUT2D eigenvalue weighted by molar-refractivity contribution is 5.98. The summed E-state index contributed by atoms with van der Waals surface area (Å²) in [5.74, 6) is 0.0435. The Balaban J connectivity index is 1.56. The van der Waals surface area contributed by atoms with Crippen LogP contribution in [0.2, 0.25) is 0 Å². The Morgan fingerprint density at radius 2 is 2.17 bits per heavy atom. The molecule has 3 heterocycles. The Morgan fingerprint density at radius 3 is 2.92 bits per heavy atom. The first-order valence-electron chi connectivity index (χ1n) is 7.89. The maximum atomic E-state index is 12.2. The van der Waals surface area contributed by atoms with Gasteiger partial charge in [-0.25, -0.2) is 0 Å². The third-order valence-corrected chi connectivity index (χ3v) is 3.77. The molecule has 2 amide bonds. The molecule has 2 aromatic heterocycles. The zero-order valence-electron chi connectivity index (χ0n) is 13.2. The van der Waals surface area contributed by atoms with Crippen LogP contribution in [0.15, 0.2) is 41.1 Å². The van der Waals surface area contributed by atoms with E-state index in [9.17, 15) is 9.59 Å². The molecule has 0 aliphatic carbocycles. The summed E-state index contributed by atoms with van der Waals surface area (Å²) in [7, 11) is 0. The quantitative estimate of drug-likeness (QED) is 0.838. The maximum Gasteiger partial charge on any atom is 0.270 e. The second-order valence-corrected chi connectivity index (χ2v) is 5.54. The van der Waals surface area contributed by atoms with Gasteiger partial charge in [-0.3, -0.25) is 14.6 Å². The van der Waals surface area contributed by atoms with Crippen molar-refractivity contribution in [2.75, 3.05) is 13.2 Å². The van der Waals surface area contributed by atoms with Crippen molar-refractivity contribution in [2.45, 2.75) is 25.5 Å². The predicted molar refractivity (Wildman–Crippen MR) is 85.4 cm³/mol. The van der Waals surface area contributed by atoms with Crippen LogP contribution in [0.4, 0.5) is 0 Å². The van der Waals surface area contributed by atoms with Gasteiger partial charge in [-0.15, -0.1) is 0 Å². The van der Waals surface area contributed by atoms with Gasteiger partial charge in [-0.05, 0) is 37.1 Å². The lowest BCUT2D eigenvalue weighted by atomic mass is 10.2. The lowest BCUT2D eigenvalue weighted by molar-refractivity contribution is 0.0857. The topological polar surface area (TPSA) is 93.5 Å². The van der Waals surface area contributed by atoms with Gasteiger partial charge in [0.05, 0.1) is 18.9 Å². The first-order valence-corrected chi connectivity index (χ1v) is 7.89. The number of nitrogens with zero attached hydrogens (tertiary/aromatic N) is 1. The molecule has 0 aromatic carbocycles. The molecule has 2 aromatic rings. The predicted octanol–water partition coefficient (Wildman–Crippen LogP) is 1.51. The largest absolute Gasteiger partial charge is 0.467 e. The van der Waals surface area contributed by atoms with Gasteiger partial charge in [-0.2, -0.15) is 0 Å². The second-order valence-electron chi connectivity index (χ2n) is 5.54. The fraction of sp³-hybridized carbons (Fsp3) is 0.353. The summed E-state index contributed by atoms with van der Waals surface area (Å²) < 4.78 is 10.6. The molecule has 7 heteroatoms. The standard InChI is InChI=1S/C17H19N3O4/c21-16(19-10-13-3-1-7-23-13)12-5-6-18-15(9-12)17(22)20-11-14-4-2-8-24-14/h2,4-6,8-9,13H,1,3,7,10-11H2,(H,19,21)(H,20,22). The van der Waals surface area contributed by atoms with Gasteiger partial charge < -0.3 is 19.8 Å². The van der Waals surface area contributed by atoms with Crippen molar-refractivity contribution in [3.63, 3.8) is 0 Å². The Kier molecular flexibility index (Phi) is 5.22. The number of carbonyl (C=O) groups is 2. The molecule has 1 aliphatic rings. The second kappa shape index (κ2) is 7.74. The van der Waals surface area contributed by atoms with E-state index in [0.29, 0.717) is 17.9 Å². The molecule has 0 saturated carbocycles. The first-order chi connectivity index (χ1) is 11.7. The summed E-state index contributed by atoms with van der Waals surface area (Å²) in [5, 5.41) is 5.52. The zero-order valence-corrected chi connectivity index (χ0v) is 13.2. The molecule has 1 aliphatic heterocycles. The number of amides is 2. The lowest BCUT2D eigenvalue weighted by Crippen LogP contribution is -2.32. The summed E-state index contributed by atoms with van der Waals surface area (Å²) in [6, 6.07) is 6.57. The smallest absolute Gasteiger partial charge is 0.270 e. The molecule has 126 valence electrons. The van der Waals surface area contributed by atoms with E-state index in [1.165, 1.54) is 12.3 Å². The number of furan rings is 1. The van der Waals surface area contributed by atoms with Crippen LogP contribution < -0.4 is 10.6 Å². The number of carbonyl (C=O) groups excluding carboxylic acids is 2. The van der Waals surface area contributed by atoms with E-state index in [0.717, 1.165) is 19.4 Å². The molecule has 7 nitrogen and oxygen atoms in total. The van der Waals surface area contributed by atoms with Crippen molar-refractivity contribution in [3.8, 4) is 0 Å². The Labute approximate surface area is 139 Å². The molecule has 1 atom stereocenters. The Bertz CT molecular complexity index is 694. The highest BCUT2D eigenvalue weighted by atomic mass is 16.5. The van der Waals surface area contributed by atoms with Crippen molar-refractivity contribution >= 4 is 11.8 Å². The molecular weight excluding hydrogens is 310 g/mol. The van der Waals surface area contributed by atoms with Crippen LogP contribution >= 0.6 is 0 Å². The summed E-state index contributed by atoms with van der Waals surface area (Å²) in [5.41, 5.74) is 0.581. The molecule has 1 saturated heterocycles. The molecule has 0 bridgehead atoms. The number of rotatable bonds is 6. The number of nitrogens with one attached hydrogen (secondary N) is 2. The fourth-order valence-corrected chi connectivity index (χ4v) is 2.48. The van der Waals surface area contributed by atoms with Crippen molar-refractivity contribution in [2.24, 2.45) is 0 Å². The van der Waals surface area contributed by atoms with E-state index in [1.54, 1.807) is 24.5 Å². The summed E-state index contributed by atoms with van der Waals surface area (Å²) in [4.78, 5) is 28.3. The minimum Gasteiger partial charge on any atom is -0.467 e. The van der Waals surface area contributed by atoms with Crippen molar-refractivity contribution < 1.29 is 18.7 Å². The van der Waals surface area contributed by atoms with Crippen LogP contribution in [-0.4, -0.2) is 36.1 Å². The highest BCUT2D eigenvalue weighted by Gasteiger charge is 2.17. The first kappa shape index (κ1) is 16.2. The van der Waals surface area contributed by atoms with E-state index in [4.69, 9.17) is 9.15 Å². The summed E-state index contributed by atoms with van der Waals surface area (Å²) in [6.45, 7) is 1.49. The molecule has 1 fully saturated rings. The SMILES string of the molecule is O=C(NCC1CCCO1)c1ccnc(C(=O)NCc2ccco2)c1. The number of ether oxygens (including phenoxy) is 1. The minimum absolute atomic E-state index is 0.0758. The highest BCUT2D eigenvalue weighted by Crippen LogP contribution is 2.11. The number of pyridine rings is 1. The van der Waals surface area contributed by atoms with E-state index < -0.39 is 0 Å². The van der Waals surface area contributed by atoms with Crippen LogP contribution in [-0.2, 0) is 11.3 Å². The minimum atomic E-state index is -0.361. The van der Waals surface area contributed by atoms with E-state index in [-0.39, 0.29) is 30.2 Å². The van der Waals surface area contributed by atoms with Gasteiger partial charge in [0.25, 0.3) is 11.8 Å². The van der Waals surface area contributed by atoms with Gasteiger partial charge >= 0.3 is 0 Å². The van der Waals surface area contributed by atoms with E-state index in [2.05, 4.69) is 15.6 Å². The van der Waals surface area contributed by atoms with Crippen LogP contribution in [0.5, 0.6) is 0 Å². The van der Waals surface area contributed by atoms with Gasteiger partial charge in [0.1, 0.15) is 11.5 Å². The monoisotopic (exact) mass is 329 g/mol. The number of hydrogen-bond donors (Lipinski definition) is 2. The van der Waals surface area contributed by atoms with E-state index >= 15 is 0 Å². The molecular formula is C17H19N3O4. The fourth-order valence-electron chi connectivity index (χ4n) is 2.48. The number of aromatic nitrogens is 1. The van der Waals surface area contributed by atoms with Gasteiger partial charge in [0, 0.05) is 24.9 Å². The molecule has 2 N–H and O–H groups in total. The van der Waals surface area contributed by atoms with Crippen molar-refractivity contribution in [1.29, 1.82) is 0 Å². The third kappa shape index (κ3) is 4.20. The van der Waals surface area contributed by atoms with Crippen LogP contribution in [0.1, 0.15) is 39.4 Å². The average molecular weight is 329 g/mol. The van der Waals surface area contributed by atoms with Crippen LogP contribution in [0.3, 0.4) is 0 Å². The van der Waals surface area contributed by atoms with Crippen molar-refractivity contribution in [1.82, 2.24) is 15.6 Å². The van der Waals surface area contributed by atoms with Gasteiger partial charge in [0.2, 0.25) is 0 Å². The maximum absolute atomic E-state index is 12.2. The van der Waals surface area contributed by atoms with Crippen molar-refractivity contribution in [3.05, 3.63) is 53.7 Å². The van der Waals surface area contributed by atoms with Gasteiger partial charge in [-0.1, -0.05) is 0 Å². The molecule has 24 heavy (non-hydrogen) atoms. The molecule has 0 radical (unpaired) electrons. The third-order valence-electron chi connectivity index (χ3n) is 3.77. The Hall–Kier alpha value is -2.67. The average Bonchev–Trinajstić information content (AvgIpc) is 3.31. The van der Waals surface area contributed by atoms with Crippen LogP contribution in [0.25, 0.3) is 0 Å². The summed E-state index contributed by atoms with van der Waals surface area (Å²) >= 11 is 0. The van der Waals surface area contributed by atoms with E-state index in [1.807, 2.05) is 0 Å². The Morgan fingerprint density at radius 1 is 1.25 bits per heavy atom. The number of hydrogen-bond acceptors (Lipinski definition) is 5. The molecule has 1 unspecified atom stereocenters.